The Morgan fingerprint density at radius 1 is 1.53 bits per heavy atom. The van der Waals surface area contributed by atoms with Crippen molar-refractivity contribution in [3.05, 3.63) is 24.0 Å². The van der Waals surface area contributed by atoms with E-state index in [4.69, 9.17) is 0 Å². The predicted molar refractivity (Wildman–Crippen MR) is 70.4 cm³/mol. The molecular formula is C12H18ClN3O. The van der Waals surface area contributed by atoms with E-state index in [1.807, 2.05) is 13.0 Å². The van der Waals surface area contributed by atoms with E-state index in [1.54, 1.807) is 12.4 Å². The summed E-state index contributed by atoms with van der Waals surface area (Å²) in [6.45, 7) is 5.74. The zero-order valence-electron chi connectivity index (χ0n) is 10.1. The fraction of sp³-hybridized carbons (Fsp3) is 0.500. The molecule has 2 heterocycles. The highest BCUT2D eigenvalue weighted by Crippen LogP contribution is 2.19. The van der Waals surface area contributed by atoms with Gasteiger partial charge in [0.1, 0.15) is 0 Å². The number of amides is 1. The van der Waals surface area contributed by atoms with E-state index in [-0.39, 0.29) is 24.2 Å². The van der Waals surface area contributed by atoms with Gasteiger partial charge in [0.15, 0.2) is 0 Å². The van der Waals surface area contributed by atoms with E-state index >= 15 is 0 Å². The molecule has 2 atom stereocenters. The summed E-state index contributed by atoms with van der Waals surface area (Å²) in [7, 11) is 0. The zero-order chi connectivity index (χ0) is 11.5. The number of nitrogens with zero attached hydrogens (tertiary/aromatic N) is 1. The van der Waals surface area contributed by atoms with Crippen LogP contribution in [0.25, 0.3) is 0 Å². The van der Waals surface area contributed by atoms with Crippen LogP contribution in [-0.2, 0) is 4.79 Å². The third kappa shape index (κ3) is 3.17. The maximum Gasteiger partial charge on any atom is 0.229 e. The van der Waals surface area contributed by atoms with Crippen LogP contribution in [0.4, 0.5) is 5.69 Å². The predicted octanol–water partition coefficient (Wildman–Crippen LogP) is 1.61. The van der Waals surface area contributed by atoms with Crippen LogP contribution in [0.3, 0.4) is 0 Å². The van der Waals surface area contributed by atoms with Gasteiger partial charge in [-0.1, -0.05) is 6.92 Å². The normalized spacial score (nSPS) is 22.9. The summed E-state index contributed by atoms with van der Waals surface area (Å²) in [5.74, 6) is 0.585. The molecule has 0 bridgehead atoms. The number of nitrogens with one attached hydrogen (secondary N) is 2. The van der Waals surface area contributed by atoms with Gasteiger partial charge in [0.25, 0.3) is 0 Å². The standard InChI is InChI=1S/C12H17N3O.ClH/c1-8-5-14-7-10(8)12(16)15-11-3-4-13-6-9(11)2;/h3-4,6,8,10,14H,5,7H2,1-2H3,(H,13,15,16);1H/t8-,10-;/m1./s1. The van der Waals surface area contributed by atoms with Gasteiger partial charge in [-0.05, 0) is 31.0 Å². The smallest absolute Gasteiger partial charge is 0.229 e. The molecule has 4 nitrogen and oxygen atoms in total. The van der Waals surface area contributed by atoms with E-state index < -0.39 is 0 Å². The van der Waals surface area contributed by atoms with Crippen LogP contribution in [0.15, 0.2) is 18.5 Å². The van der Waals surface area contributed by atoms with Gasteiger partial charge in [0.05, 0.1) is 5.92 Å². The SMILES string of the molecule is Cc1cnccc1NC(=O)[C@@H]1CNC[C@H]1C.Cl. The van der Waals surface area contributed by atoms with Gasteiger partial charge in [-0.15, -0.1) is 12.4 Å². The molecular weight excluding hydrogens is 238 g/mol. The highest BCUT2D eigenvalue weighted by atomic mass is 35.5. The van der Waals surface area contributed by atoms with E-state index in [2.05, 4.69) is 22.5 Å². The lowest BCUT2D eigenvalue weighted by Crippen LogP contribution is -2.28. The second-order valence-corrected chi connectivity index (χ2v) is 4.42. The molecule has 1 aromatic rings. The van der Waals surface area contributed by atoms with E-state index in [0.29, 0.717) is 5.92 Å². The molecule has 1 fully saturated rings. The average Bonchev–Trinajstić information content (AvgIpc) is 2.68. The Hall–Kier alpha value is -1.13. The van der Waals surface area contributed by atoms with Crippen LogP contribution in [0.1, 0.15) is 12.5 Å². The van der Waals surface area contributed by atoms with Gasteiger partial charge in [-0.25, -0.2) is 0 Å². The molecule has 0 aliphatic carbocycles. The van der Waals surface area contributed by atoms with Crippen LogP contribution < -0.4 is 10.6 Å². The number of hydrogen-bond donors (Lipinski definition) is 2. The summed E-state index contributed by atoms with van der Waals surface area (Å²) < 4.78 is 0. The quantitative estimate of drug-likeness (QED) is 0.844. The summed E-state index contributed by atoms with van der Waals surface area (Å²) >= 11 is 0. The molecule has 2 rings (SSSR count). The lowest BCUT2D eigenvalue weighted by atomic mass is 9.97. The number of pyridine rings is 1. The Bertz CT molecular complexity index is 397. The number of aryl methyl sites for hydroxylation is 1. The third-order valence-electron chi connectivity index (χ3n) is 3.13. The maximum absolute atomic E-state index is 12.0. The number of halogens is 1. The van der Waals surface area contributed by atoms with Crippen molar-refractivity contribution in [1.29, 1.82) is 0 Å². The number of aromatic nitrogens is 1. The van der Waals surface area contributed by atoms with Gasteiger partial charge >= 0.3 is 0 Å². The first kappa shape index (κ1) is 13.9. The highest BCUT2D eigenvalue weighted by molar-refractivity contribution is 5.93. The maximum atomic E-state index is 12.0. The van der Waals surface area contributed by atoms with E-state index in [0.717, 1.165) is 24.3 Å². The van der Waals surface area contributed by atoms with Crippen LogP contribution >= 0.6 is 12.4 Å². The molecule has 0 spiro atoms. The Kier molecular flexibility index (Phi) is 4.90. The lowest BCUT2D eigenvalue weighted by Gasteiger charge is -2.15. The fourth-order valence-corrected chi connectivity index (χ4v) is 2.00. The van der Waals surface area contributed by atoms with Gasteiger partial charge in [0.2, 0.25) is 5.91 Å². The average molecular weight is 256 g/mol. The minimum absolute atomic E-state index is 0. The molecule has 0 aromatic carbocycles. The van der Waals surface area contributed by atoms with E-state index in [9.17, 15) is 4.79 Å². The van der Waals surface area contributed by atoms with Crippen LogP contribution in [0.5, 0.6) is 0 Å². The molecule has 0 radical (unpaired) electrons. The first-order chi connectivity index (χ1) is 7.68. The molecule has 5 heteroatoms. The molecule has 1 aromatic heterocycles. The molecule has 0 saturated carbocycles. The van der Waals surface area contributed by atoms with Crippen LogP contribution in [0, 0.1) is 18.8 Å². The number of anilines is 1. The summed E-state index contributed by atoms with van der Waals surface area (Å²) in [6, 6.07) is 1.83. The number of carbonyl (C=O) groups excluding carboxylic acids is 1. The van der Waals surface area contributed by atoms with Gasteiger partial charge in [-0.2, -0.15) is 0 Å². The first-order valence-corrected chi connectivity index (χ1v) is 5.60. The van der Waals surface area contributed by atoms with Crippen molar-refractivity contribution in [2.75, 3.05) is 18.4 Å². The third-order valence-corrected chi connectivity index (χ3v) is 3.13. The highest BCUT2D eigenvalue weighted by Gasteiger charge is 2.29. The molecule has 1 saturated heterocycles. The largest absolute Gasteiger partial charge is 0.325 e. The van der Waals surface area contributed by atoms with Crippen molar-refractivity contribution in [2.24, 2.45) is 11.8 Å². The van der Waals surface area contributed by atoms with Crippen LogP contribution in [-0.4, -0.2) is 24.0 Å². The topological polar surface area (TPSA) is 54.0 Å². The molecule has 1 aliphatic heterocycles. The molecule has 1 aliphatic rings. The summed E-state index contributed by atoms with van der Waals surface area (Å²) in [5, 5.41) is 6.19. The second-order valence-electron chi connectivity index (χ2n) is 4.42. The minimum atomic E-state index is 0. The van der Waals surface area contributed by atoms with Crippen molar-refractivity contribution in [1.82, 2.24) is 10.3 Å². The molecule has 17 heavy (non-hydrogen) atoms. The minimum Gasteiger partial charge on any atom is -0.325 e. The fourth-order valence-electron chi connectivity index (χ4n) is 2.00. The molecule has 1 amide bonds. The molecule has 94 valence electrons. The van der Waals surface area contributed by atoms with Crippen molar-refractivity contribution in [3.63, 3.8) is 0 Å². The van der Waals surface area contributed by atoms with Crippen LogP contribution in [0.2, 0.25) is 0 Å². The molecule has 2 N–H and O–H groups in total. The number of rotatable bonds is 2. The summed E-state index contributed by atoms with van der Waals surface area (Å²) in [6.07, 6.45) is 3.45. The zero-order valence-corrected chi connectivity index (χ0v) is 10.9. The first-order valence-electron chi connectivity index (χ1n) is 5.60. The lowest BCUT2D eigenvalue weighted by molar-refractivity contribution is -0.120. The Morgan fingerprint density at radius 2 is 2.29 bits per heavy atom. The summed E-state index contributed by atoms with van der Waals surface area (Å²) in [5.41, 5.74) is 1.86. The number of hydrogen-bond acceptors (Lipinski definition) is 3. The summed E-state index contributed by atoms with van der Waals surface area (Å²) in [4.78, 5) is 16.0. The Labute approximate surface area is 108 Å². The van der Waals surface area contributed by atoms with Crippen molar-refractivity contribution in [3.8, 4) is 0 Å². The Balaban J connectivity index is 0.00000144. The molecule has 0 unspecified atom stereocenters. The second kappa shape index (κ2) is 5.98. The van der Waals surface area contributed by atoms with Crippen molar-refractivity contribution in [2.45, 2.75) is 13.8 Å². The number of carbonyl (C=O) groups is 1. The van der Waals surface area contributed by atoms with Gasteiger partial charge < -0.3 is 10.6 Å². The van der Waals surface area contributed by atoms with Gasteiger partial charge in [0, 0.05) is 24.6 Å². The van der Waals surface area contributed by atoms with Gasteiger partial charge in [-0.3, -0.25) is 9.78 Å². The van der Waals surface area contributed by atoms with Crippen molar-refractivity contribution >= 4 is 24.0 Å². The van der Waals surface area contributed by atoms with E-state index in [1.165, 1.54) is 0 Å². The Morgan fingerprint density at radius 3 is 2.88 bits per heavy atom. The monoisotopic (exact) mass is 255 g/mol. The van der Waals surface area contributed by atoms with Crippen molar-refractivity contribution < 1.29 is 4.79 Å².